The molecule has 2 aromatic carbocycles. The number of sulfonamides is 1. The molecule has 0 amide bonds. The van der Waals surface area contributed by atoms with Crippen LogP contribution in [0.1, 0.15) is 16.6 Å². The molecule has 0 saturated heterocycles. The third-order valence-corrected chi connectivity index (χ3v) is 8.21. The van der Waals surface area contributed by atoms with Crippen molar-refractivity contribution in [3.63, 3.8) is 0 Å². The number of aryl methyl sites for hydroxylation is 1. The standard InChI is InChI=1S/C19H18BrNO5S2/c1-14-4-8-16(9-5-14)27(22,23)19(18-3-2-12-26-18)13-21-28(24,25)17-10-6-15(20)7-11-17/h2-12,19,21H,13H2,1H3/t19-/m0/s1. The molecule has 1 N–H and O–H groups in total. The SMILES string of the molecule is Cc1ccc(S(=O)(=O)[C@@H](CNS(=O)(=O)c2ccc(Br)cc2)c2ccco2)cc1. The van der Waals surface area contributed by atoms with Crippen LogP contribution >= 0.6 is 15.9 Å². The molecule has 148 valence electrons. The van der Waals surface area contributed by atoms with E-state index < -0.39 is 25.1 Å². The Morgan fingerprint density at radius 2 is 1.54 bits per heavy atom. The summed E-state index contributed by atoms with van der Waals surface area (Å²) in [4.78, 5) is 0.143. The zero-order chi connectivity index (χ0) is 20.4. The number of rotatable bonds is 7. The Labute approximate surface area is 172 Å². The maximum atomic E-state index is 13.1. The average molecular weight is 484 g/mol. The van der Waals surface area contributed by atoms with Gasteiger partial charge in [0, 0.05) is 11.0 Å². The lowest BCUT2D eigenvalue weighted by Gasteiger charge is -2.17. The van der Waals surface area contributed by atoms with Crippen LogP contribution in [0.2, 0.25) is 0 Å². The first kappa shape index (κ1) is 20.8. The van der Waals surface area contributed by atoms with Crippen LogP contribution in [0.4, 0.5) is 0 Å². The maximum Gasteiger partial charge on any atom is 0.240 e. The fraction of sp³-hybridized carbons (Fsp3) is 0.158. The lowest BCUT2D eigenvalue weighted by Crippen LogP contribution is -2.31. The second-order valence-corrected chi connectivity index (χ2v) is 11.0. The smallest absolute Gasteiger partial charge is 0.240 e. The van der Waals surface area contributed by atoms with E-state index in [2.05, 4.69) is 20.7 Å². The summed E-state index contributed by atoms with van der Waals surface area (Å²) < 4.78 is 59.8. The summed E-state index contributed by atoms with van der Waals surface area (Å²) in [5, 5.41) is -1.20. The fourth-order valence-electron chi connectivity index (χ4n) is 2.61. The van der Waals surface area contributed by atoms with Crippen molar-refractivity contribution in [3.8, 4) is 0 Å². The highest BCUT2D eigenvalue weighted by Gasteiger charge is 2.32. The molecule has 9 heteroatoms. The lowest BCUT2D eigenvalue weighted by molar-refractivity contribution is 0.486. The first-order chi connectivity index (χ1) is 13.2. The van der Waals surface area contributed by atoms with Gasteiger partial charge in [0.1, 0.15) is 11.0 Å². The van der Waals surface area contributed by atoms with Gasteiger partial charge >= 0.3 is 0 Å². The molecule has 0 aliphatic rings. The van der Waals surface area contributed by atoms with E-state index in [1.165, 1.54) is 36.6 Å². The maximum absolute atomic E-state index is 13.1. The number of nitrogens with one attached hydrogen (secondary N) is 1. The number of hydrogen-bond donors (Lipinski definition) is 1. The van der Waals surface area contributed by atoms with Gasteiger partial charge in [-0.2, -0.15) is 0 Å². The lowest BCUT2D eigenvalue weighted by atomic mass is 10.2. The van der Waals surface area contributed by atoms with Crippen molar-refractivity contribution in [2.75, 3.05) is 6.54 Å². The van der Waals surface area contributed by atoms with Crippen molar-refractivity contribution < 1.29 is 21.3 Å². The fourth-order valence-corrected chi connectivity index (χ4v) is 5.62. The van der Waals surface area contributed by atoms with Gasteiger partial charge in [-0.25, -0.2) is 21.6 Å². The largest absolute Gasteiger partial charge is 0.468 e. The van der Waals surface area contributed by atoms with Crippen LogP contribution in [0.25, 0.3) is 0 Å². The molecule has 0 aliphatic heterocycles. The number of benzene rings is 2. The van der Waals surface area contributed by atoms with E-state index >= 15 is 0 Å². The van der Waals surface area contributed by atoms with Crippen molar-refractivity contribution in [1.29, 1.82) is 0 Å². The van der Waals surface area contributed by atoms with Gasteiger partial charge in [0.05, 0.1) is 16.1 Å². The number of halogens is 1. The molecule has 0 radical (unpaired) electrons. The van der Waals surface area contributed by atoms with Gasteiger partial charge in [-0.05, 0) is 55.5 Å². The summed E-state index contributed by atoms with van der Waals surface area (Å²) >= 11 is 3.25. The first-order valence-corrected chi connectivity index (χ1v) is 12.1. The Hall–Kier alpha value is -1.94. The molecule has 3 aromatic rings. The third-order valence-electron chi connectivity index (χ3n) is 4.17. The highest BCUT2D eigenvalue weighted by Crippen LogP contribution is 2.29. The second-order valence-electron chi connectivity index (χ2n) is 6.17. The van der Waals surface area contributed by atoms with Gasteiger partial charge in [0.2, 0.25) is 10.0 Å². The monoisotopic (exact) mass is 483 g/mol. The number of hydrogen-bond acceptors (Lipinski definition) is 5. The van der Waals surface area contributed by atoms with Crippen molar-refractivity contribution in [3.05, 3.63) is 82.7 Å². The van der Waals surface area contributed by atoms with Crippen molar-refractivity contribution in [2.24, 2.45) is 0 Å². The van der Waals surface area contributed by atoms with Crippen LogP contribution in [0, 0.1) is 6.92 Å². The molecule has 0 aliphatic carbocycles. The molecule has 0 fully saturated rings. The van der Waals surface area contributed by atoms with Crippen molar-refractivity contribution >= 4 is 35.8 Å². The van der Waals surface area contributed by atoms with E-state index in [-0.39, 0.29) is 22.1 Å². The topological polar surface area (TPSA) is 93.5 Å². The molecular weight excluding hydrogens is 466 g/mol. The van der Waals surface area contributed by atoms with Crippen LogP contribution < -0.4 is 4.72 Å². The van der Waals surface area contributed by atoms with Gasteiger partial charge in [0.15, 0.2) is 9.84 Å². The molecule has 0 bridgehead atoms. The number of sulfone groups is 1. The van der Waals surface area contributed by atoms with E-state index in [9.17, 15) is 16.8 Å². The van der Waals surface area contributed by atoms with Crippen LogP contribution in [-0.2, 0) is 19.9 Å². The minimum absolute atomic E-state index is 0.0432. The molecule has 28 heavy (non-hydrogen) atoms. The molecule has 3 rings (SSSR count). The predicted octanol–water partition coefficient (Wildman–Crippen LogP) is 3.84. The molecule has 1 heterocycles. The Morgan fingerprint density at radius 1 is 0.929 bits per heavy atom. The van der Waals surface area contributed by atoms with E-state index in [1.54, 1.807) is 30.3 Å². The summed E-state index contributed by atoms with van der Waals surface area (Å²) in [5.41, 5.74) is 0.921. The molecule has 0 saturated carbocycles. The highest BCUT2D eigenvalue weighted by molar-refractivity contribution is 9.10. The summed E-state index contributed by atoms with van der Waals surface area (Å²) in [6.07, 6.45) is 1.36. The molecular formula is C19H18BrNO5S2. The minimum Gasteiger partial charge on any atom is -0.468 e. The predicted molar refractivity (Wildman–Crippen MR) is 109 cm³/mol. The van der Waals surface area contributed by atoms with Crippen molar-refractivity contribution in [2.45, 2.75) is 22.0 Å². The van der Waals surface area contributed by atoms with Crippen LogP contribution in [0.5, 0.6) is 0 Å². The molecule has 6 nitrogen and oxygen atoms in total. The number of furan rings is 1. The second kappa shape index (κ2) is 8.20. The van der Waals surface area contributed by atoms with Gasteiger partial charge in [-0.15, -0.1) is 0 Å². The van der Waals surface area contributed by atoms with E-state index in [0.717, 1.165) is 10.0 Å². The highest BCUT2D eigenvalue weighted by atomic mass is 79.9. The molecule has 1 atom stereocenters. The van der Waals surface area contributed by atoms with E-state index in [1.807, 2.05) is 6.92 Å². The molecule has 0 unspecified atom stereocenters. The van der Waals surface area contributed by atoms with Crippen LogP contribution in [0.3, 0.4) is 0 Å². The summed E-state index contributed by atoms with van der Waals surface area (Å²) in [6, 6.07) is 15.5. The Morgan fingerprint density at radius 3 is 2.11 bits per heavy atom. The summed E-state index contributed by atoms with van der Waals surface area (Å²) in [5.74, 6) is 0.166. The normalized spacial score (nSPS) is 13.4. The minimum atomic E-state index is -3.89. The Balaban J connectivity index is 1.91. The third kappa shape index (κ3) is 4.54. The summed E-state index contributed by atoms with van der Waals surface area (Å²) in [7, 11) is -7.77. The average Bonchev–Trinajstić information content (AvgIpc) is 3.16. The molecule has 0 spiro atoms. The summed E-state index contributed by atoms with van der Waals surface area (Å²) in [6.45, 7) is 1.49. The zero-order valence-electron chi connectivity index (χ0n) is 14.9. The van der Waals surface area contributed by atoms with Gasteiger partial charge < -0.3 is 4.42 Å². The van der Waals surface area contributed by atoms with Crippen LogP contribution in [-0.4, -0.2) is 23.4 Å². The molecule has 1 aromatic heterocycles. The van der Waals surface area contributed by atoms with E-state index in [0.29, 0.717) is 0 Å². The van der Waals surface area contributed by atoms with Crippen LogP contribution in [0.15, 0.2) is 85.6 Å². The zero-order valence-corrected chi connectivity index (χ0v) is 18.1. The van der Waals surface area contributed by atoms with Gasteiger partial charge in [-0.3, -0.25) is 0 Å². The Bertz CT molecular complexity index is 1140. The quantitative estimate of drug-likeness (QED) is 0.550. The first-order valence-electron chi connectivity index (χ1n) is 8.29. The Kier molecular flexibility index (Phi) is 6.09. The van der Waals surface area contributed by atoms with Gasteiger partial charge in [0.25, 0.3) is 0 Å². The van der Waals surface area contributed by atoms with Gasteiger partial charge in [-0.1, -0.05) is 33.6 Å². The van der Waals surface area contributed by atoms with E-state index in [4.69, 9.17) is 4.42 Å². The van der Waals surface area contributed by atoms with Crippen molar-refractivity contribution in [1.82, 2.24) is 4.72 Å².